The number of aliphatic imine (C=N–C) groups is 1. The number of primary amides is 1. The Bertz CT molecular complexity index is 1300. The summed E-state index contributed by atoms with van der Waals surface area (Å²) in [5.74, 6) is -9.51. The summed E-state index contributed by atoms with van der Waals surface area (Å²) in [7, 11) is 0. The Morgan fingerprint density at radius 2 is 1.77 bits per heavy atom. The van der Waals surface area contributed by atoms with Crippen molar-refractivity contribution in [3.05, 3.63) is 65.2 Å². The van der Waals surface area contributed by atoms with Gasteiger partial charge in [-0.05, 0) is 31.2 Å². The van der Waals surface area contributed by atoms with Crippen LogP contribution in [0.3, 0.4) is 0 Å². The molecule has 0 spiro atoms. The van der Waals surface area contributed by atoms with E-state index in [1.165, 1.54) is 0 Å². The monoisotopic (exact) mass is 564 g/mol. The molecule has 1 aliphatic carbocycles. The molecule has 2 unspecified atom stereocenters. The van der Waals surface area contributed by atoms with Crippen molar-refractivity contribution in [3.8, 4) is 0 Å². The number of hydrogen-bond acceptors (Lipinski definition) is 4. The Morgan fingerprint density at radius 3 is 2.38 bits per heavy atom. The summed E-state index contributed by atoms with van der Waals surface area (Å²) < 4.78 is 66.1. The van der Waals surface area contributed by atoms with E-state index in [1.807, 2.05) is 0 Å². The number of aryl methyl sites for hydroxylation is 1. The summed E-state index contributed by atoms with van der Waals surface area (Å²) in [4.78, 5) is 43.5. The molecule has 2 aromatic carbocycles. The second-order valence-corrected chi connectivity index (χ2v) is 10.4. The Labute approximate surface area is 227 Å². The first-order valence-corrected chi connectivity index (χ1v) is 12.8. The first kappa shape index (κ1) is 29.2. The number of hydrogen-bond donors (Lipinski definition) is 3. The van der Waals surface area contributed by atoms with Crippen molar-refractivity contribution in [2.45, 2.75) is 57.3 Å². The van der Waals surface area contributed by atoms with Gasteiger partial charge in [-0.25, -0.2) is 13.8 Å². The van der Waals surface area contributed by atoms with Crippen LogP contribution < -0.4 is 16.4 Å². The number of benzene rings is 2. The van der Waals surface area contributed by atoms with E-state index in [4.69, 9.17) is 5.73 Å². The van der Waals surface area contributed by atoms with Gasteiger partial charge in [0.25, 0.3) is 5.91 Å². The van der Waals surface area contributed by atoms with Gasteiger partial charge in [-0.15, -0.1) is 0 Å². The average molecular weight is 565 g/mol. The number of alkyl halides is 5. The van der Waals surface area contributed by atoms with Gasteiger partial charge in [0.15, 0.2) is 0 Å². The normalized spacial score (nSPS) is 20.2. The lowest BCUT2D eigenvalue weighted by Gasteiger charge is -2.38. The van der Waals surface area contributed by atoms with Crippen molar-refractivity contribution in [2.24, 2.45) is 28.5 Å². The van der Waals surface area contributed by atoms with Gasteiger partial charge in [-0.2, -0.15) is 13.2 Å². The van der Waals surface area contributed by atoms with Crippen LogP contribution in [0.5, 0.6) is 0 Å². The molecule has 214 valence electrons. The van der Waals surface area contributed by atoms with Crippen LogP contribution in [0.15, 0.2) is 53.5 Å². The predicted octanol–water partition coefficient (Wildman–Crippen LogP) is 4.72. The fourth-order valence-corrected chi connectivity index (χ4v) is 5.27. The van der Waals surface area contributed by atoms with Gasteiger partial charge in [0.2, 0.25) is 23.9 Å². The highest BCUT2D eigenvalue weighted by Crippen LogP contribution is 2.46. The van der Waals surface area contributed by atoms with Gasteiger partial charge in [0, 0.05) is 42.2 Å². The molecule has 2 aliphatic rings. The molecular weight excluding hydrogens is 535 g/mol. The lowest BCUT2D eigenvalue weighted by Crippen LogP contribution is -2.49. The Hall–Kier alpha value is -3.83. The number of fused-ring (bicyclic) bond motifs is 1. The molecule has 0 radical (unpaired) electrons. The number of nitrogens with zero attached hydrogens (tertiary/aromatic N) is 1. The molecule has 0 aromatic heterocycles. The molecule has 1 fully saturated rings. The summed E-state index contributed by atoms with van der Waals surface area (Å²) in [5.41, 5.74) is 8.21. The quantitative estimate of drug-likeness (QED) is 0.383. The van der Waals surface area contributed by atoms with Crippen LogP contribution in [0.2, 0.25) is 0 Å². The summed E-state index contributed by atoms with van der Waals surface area (Å²) >= 11 is 0. The summed E-state index contributed by atoms with van der Waals surface area (Å²) in [6.45, 7) is 1.78. The van der Waals surface area contributed by atoms with Crippen LogP contribution in [0.4, 0.5) is 27.6 Å². The minimum absolute atomic E-state index is 0.282. The first-order chi connectivity index (χ1) is 18.7. The molecule has 0 bridgehead atoms. The van der Waals surface area contributed by atoms with Crippen molar-refractivity contribution < 1.29 is 36.3 Å². The molecule has 3 amide bonds. The van der Waals surface area contributed by atoms with Gasteiger partial charge in [0.1, 0.15) is 0 Å². The van der Waals surface area contributed by atoms with E-state index in [-0.39, 0.29) is 6.42 Å². The molecule has 40 heavy (non-hydrogen) atoms. The highest BCUT2D eigenvalue weighted by molar-refractivity contribution is 6.20. The third kappa shape index (κ3) is 6.83. The molecule has 1 saturated carbocycles. The van der Waals surface area contributed by atoms with E-state index >= 15 is 0 Å². The van der Waals surface area contributed by atoms with Gasteiger partial charge < -0.3 is 16.4 Å². The van der Waals surface area contributed by atoms with Crippen LogP contribution >= 0.6 is 0 Å². The van der Waals surface area contributed by atoms with Crippen molar-refractivity contribution >= 4 is 29.1 Å². The number of carbonyl (C=O) groups excluding carboxylic acids is 3. The number of rotatable bonds is 9. The molecule has 1 aliphatic heterocycles. The maximum atomic E-state index is 13.5. The lowest BCUT2D eigenvalue weighted by molar-refractivity contribution is -0.149. The largest absolute Gasteiger partial charge is 0.389 e. The predicted molar refractivity (Wildman–Crippen MR) is 138 cm³/mol. The van der Waals surface area contributed by atoms with E-state index in [0.717, 1.165) is 5.56 Å². The van der Waals surface area contributed by atoms with E-state index in [2.05, 4.69) is 15.6 Å². The summed E-state index contributed by atoms with van der Waals surface area (Å²) in [6, 6.07) is 14.2. The zero-order valence-electron chi connectivity index (χ0n) is 21.6. The van der Waals surface area contributed by atoms with Crippen LogP contribution in [0.25, 0.3) is 0 Å². The zero-order valence-corrected chi connectivity index (χ0v) is 21.6. The Morgan fingerprint density at radius 1 is 1.10 bits per heavy atom. The van der Waals surface area contributed by atoms with Crippen LogP contribution in [-0.4, -0.2) is 41.7 Å². The third-order valence-electron chi connectivity index (χ3n) is 7.30. The molecule has 2 aromatic rings. The number of carbonyl (C=O) groups is 3. The molecular formula is C28H29F5N4O3. The second kappa shape index (κ2) is 11.3. The number of amides is 3. The highest BCUT2D eigenvalue weighted by Gasteiger charge is 2.48. The number of para-hydroxylation sites is 1. The molecule has 12 heteroatoms. The minimum atomic E-state index is -4.63. The van der Waals surface area contributed by atoms with Crippen molar-refractivity contribution in [3.63, 3.8) is 0 Å². The van der Waals surface area contributed by atoms with E-state index in [1.54, 1.807) is 55.5 Å². The van der Waals surface area contributed by atoms with Crippen molar-refractivity contribution in [1.29, 1.82) is 0 Å². The second-order valence-electron chi connectivity index (χ2n) is 10.4. The molecule has 0 saturated heterocycles. The average Bonchev–Trinajstić information content (AvgIpc) is 2.99. The van der Waals surface area contributed by atoms with E-state index < -0.39 is 79.4 Å². The van der Waals surface area contributed by atoms with Gasteiger partial charge in [-0.3, -0.25) is 14.4 Å². The number of nitrogens with two attached hydrogens (primary N) is 1. The minimum Gasteiger partial charge on any atom is -0.369 e. The topological polar surface area (TPSA) is 114 Å². The zero-order chi connectivity index (χ0) is 29.2. The summed E-state index contributed by atoms with van der Waals surface area (Å²) in [6.07, 6.45) is -9.73. The summed E-state index contributed by atoms with van der Waals surface area (Å²) in [5, 5.41) is 5.20. The standard InChI is InChI=1S/C28H29F5N4O3/c1-15-6-5-9-19-21(15)36-26(40)24(35-22(19)17-7-3-2-4-8-17)37-25(39)20(12-16-13-27(29,30)14-16)18(23(34)38)10-11-28(31,32)33/h2-9,16,18,20,24H,10-14H2,1H3,(H2,34,38)(H,36,40)(H,37,39)/t18?,20?,24-/m1/s1. The fourth-order valence-electron chi connectivity index (χ4n) is 5.27. The van der Waals surface area contributed by atoms with E-state index in [9.17, 15) is 36.3 Å². The SMILES string of the molecule is Cc1cccc2c1NC(=O)[C@@H](NC(=O)C(CC1CC(F)(F)C1)C(CCC(F)(F)F)C(N)=O)N=C2c1ccccc1. The van der Waals surface area contributed by atoms with Gasteiger partial charge >= 0.3 is 6.18 Å². The highest BCUT2D eigenvalue weighted by atomic mass is 19.4. The van der Waals surface area contributed by atoms with Gasteiger partial charge in [-0.1, -0.05) is 48.5 Å². The molecule has 4 N–H and O–H groups in total. The maximum absolute atomic E-state index is 13.5. The number of benzodiazepines with no additional fused rings is 1. The van der Waals surface area contributed by atoms with Crippen LogP contribution in [-0.2, 0) is 14.4 Å². The van der Waals surface area contributed by atoms with Crippen molar-refractivity contribution in [2.75, 3.05) is 5.32 Å². The first-order valence-electron chi connectivity index (χ1n) is 12.8. The van der Waals surface area contributed by atoms with Crippen LogP contribution in [0.1, 0.15) is 48.8 Å². The molecule has 1 heterocycles. The molecule has 7 nitrogen and oxygen atoms in total. The maximum Gasteiger partial charge on any atom is 0.389 e. The number of halogens is 5. The molecule has 3 atom stereocenters. The van der Waals surface area contributed by atoms with Gasteiger partial charge in [0.05, 0.1) is 11.4 Å². The van der Waals surface area contributed by atoms with E-state index in [0.29, 0.717) is 22.5 Å². The third-order valence-corrected chi connectivity index (χ3v) is 7.30. The fraction of sp³-hybridized carbons (Fsp3) is 0.429. The Kier molecular flexibility index (Phi) is 8.27. The smallest absolute Gasteiger partial charge is 0.369 e. The lowest BCUT2D eigenvalue weighted by atomic mass is 9.72. The van der Waals surface area contributed by atoms with Crippen LogP contribution in [0, 0.1) is 24.7 Å². The number of nitrogens with one attached hydrogen (secondary N) is 2. The Balaban J connectivity index is 1.67. The van der Waals surface area contributed by atoms with Crippen molar-refractivity contribution in [1.82, 2.24) is 5.32 Å². The molecule has 4 rings (SSSR count). The number of anilines is 1.